The van der Waals surface area contributed by atoms with E-state index in [4.69, 9.17) is 17.3 Å². The predicted molar refractivity (Wildman–Crippen MR) is 57.9 cm³/mol. The summed E-state index contributed by atoms with van der Waals surface area (Å²) in [5.41, 5.74) is 4.93. The second-order valence-corrected chi connectivity index (χ2v) is 5.06. The molecule has 3 N–H and O–H groups in total. The summed E-state index contributed by atoms with van der Waals surface area (Å²) in [6, 6.07) is 4.07. The first-order chi connectivity index (χ1) is 6.96. The van der Waals surface area contributed by atoms with Gasteiger partial charge in [-0.05, 0) is 12.1 Å². The summed E-state index contributed by atoms with van der Waals surface area (Å²) < 4.78 is 37.9. The molecule has 1 aromatic rings. The van der Waals surface area contributed by atoms with E-state index < -0.39 is 15.8 Å². The molecule has 15 heavy (non-hydrogen) atoms. The lowest BCUT2D eigenvalue weighted by atomic mass is 10.3. The average Bonchev–Trinajstić information content (AvgIpc) is 2.12. The van der Waals surface area contributed by atoms with Crippen LogP contribution in [0.3, 0.4) is 0 Å². The van der Waals surface area contributed by atoms with Crippen LogP contribution in [0, 0.1) is 5.82 Å². The number of benzene rings is 1. The molecule has 4 nitrogen and oxygen atoms in total. The van der Waals surface area contributed by atoms with Gasteiger partial charge in [0, 0.05) is 6.54 Å². The minimum Gasteiger partial charge on any atom is -0.329 e. The Kier molecular flexibility index (Phi) is 3.90. The Morgan fingerprint density at radius 2 is 2.13 bits per heavy atom. The Balaban J connectivity index is 2.95. The third-order valence-electron chi connectivity index (χ3n) is 1.60. The predicted octanol–water partition coefficient (Wildman–Crippen LogP) is 1.18. The molecule has 0 amide bonds. The molecule has 0 heterocycles. The summed E-state index contributed by atoms with van der Waals surface area (Å²) in [7, 11) is -3.60. The van der Waals surface area contributed by atoms with Crippen LogP contribution < -0.4 is 10.5 Å². The van der Waals surface area contributed by atoms with E-state index in [1.165, 1.54) is 18.2 Å². The molecule has 0 aromatic heterocycles. The van der Waals surface area contributed by atoms with Crippen molar-refractivity contribution >= 4 is 27.3 Å². The van der Waals surface area contributed by atoms with Crippen LogP contribution in [0.2, 0.25) is 5.02 Å². The van der Waals surface area contributed by atoms with Crippen LogP contribution in [0.1, 0.15) is 0 Å². The zero-order valence-electron chi connectivity index (χ0n) is 7.70. The summed E-state index contributed by atoms with van der Waals surface area (Å²) >= 11 is 5.49. The summed E-state index contributed by atoms with van der Waals surface area (Å²) in [6.07, 6.45) is 0. The van der Waals surface area contributed by atoms with Gasteiger partial charge in [-0.1, -0.05) is 17.7 Å². The van der Waals surface area contributed by atoms with Crippen molar-refractivity contribution in [3.63, 3.8) is 0 Å². The Hall–Kier alpha value is -0.850. The fraction of sp³-hybridized carbons (Fsp3) is 0.250. The lowest BCUT2D eigenvalue weighted by molar-refractivity contribution is 0.598. The van der Waals surface area contributed by atoms with Crippen LogP contribution in [-0.4, -0.2) is 20.7 Å². The molecule has 0 saturated carbocycles. The van der Waals surface area contributed by atoms with Gasteiger partial charge in [-0.15, -0.1) is 0 Å². The number of sulfonamides is 1. The molecule has 0 aliphatic rings. The van der Waals surface area contributed by atoms with Gasteiger partial charge < -0.3 is 5.73 Å². The number of halogens is 2. The van der Waals surface area contributed by atoms with Gasteiger partial charge in [0.15, 0.2) is 5.82 Å². The standard InChI is InChI=1S/C8H10ClFN2O2S/c9-6-2-1-3-7(8(6)10)12-15(13,14)5-4-11/h1-3,12H,4-5,11H2. The highest BCUT2D eigenvalue weighted by Gasteiger charge is 2.13. The SMILES string of the molecule is NCCS(=O)(=O)Nc1cccc(Cl)c1F. The van der Waals surface area contributed by atoms with Gasteiger partial charge in [0.05, 0.1) is 16.5 Å². The molecule has 7 heteroatoms. The first-order valence-electron chi connectivity index (χ1n) is 4.11. The summed E-state index contributed by atoms with van der Waals surface area (Å²) in [5, 5.41) is -0.136. The molecule has 0 bridgehead atoms. The molecule has 0 fully saturated rings. The number of hydrogen-bond donors (Lipinski definition) is 2. The average molecular weight is 253 g/mol. The maximum atomic E-state index is 13.3. The zero-order valence-corrected chi connectivity index (χ0v) is 9.28. The Bertz CT molecular complexity index is 450. The third kappa shape index (κ3) is 3.33. The van der Waals surface area contributed by atoms with Gasteiger partial charge in [-0.3, -0.25) is 4.72 Å². The Labute approximate surface area is 92.3 Å². The minimum absolute atomic E-state index is 0.0302. The second-order valence-electron chi connectivity index (χ2n) is 2.81. The lowest BCUT2D eigenvalue weighted by Crippen LogP contribution is -2.22. The van der Waals surface area contributed by atoms with Crippen molar-refractivity contribution in [3.05, 3.63) is 29.0 Å². The molecule has 0 aliphatic carbocycles. The van der Waals surface area contributed by atoms with Gasteiger partial charge in [0.2, 0.25) is 10.0 Å². The van der Waals surface area contributed by atoms with Gasteiger partial charge in [0.1, 0.15) is 0 Å². The zero-order chi connectivity index (χ0) is 11.5. The maximum absolute atomic E-state index is 13.3. The first kappa shape index (κ1) is 12.2. The van der Waals surface area contributed by atoms with Gasteiger partial charge in [0.25, 0.3) is 0 Å². The highest BCUT2D eigenvalue weighted by molar-refractivity contribution is 7.92. The van der Waals surface area contributed by atoms with Crippen LogP contribution in [0.4, 0.5) is 10.1 Å². The van der Waals surface area contributed by atoms with E-state index in [9.17, 15) is 12.8 Å². The number of rotatable bonds is 4. The van der Waals surface area contributed by atoms with E-state index in [2.05, 4.69) is 4.72 Å². The molecule has 0 unspecified atom stereocenters. The van der Waals surface area contributed by atoms with Crippen LogP contribution in [-0.2, 0) is 10.0 Å². The molecule has 0 spiro atoms. The van der Waals surface area contributed by atoms with E-state index >= 15 is 0 Å². The molecule has 0 atom stereocenters. The van der Waals surface area contributed by atoms with Crippen molar-refractivity contribution in [2.75, 3.05) is 17.0 Å². The fourth-order valence-electron chi connectivity index (χ4n) is 0.956. The monoisotopic (exact) mass is 252 g/mol. The van der Waals surface area contributed by atoms with Gasteiger partial charge in [-0.2, -0.15) is 0 Å². The molecule has 1 aromatic carbocycles. The third-order valence-corrected chi connectivity index (χ3v) is 3.20. The molecule has 1 rings (SSSR count). The minimum atomic E-state index is -3.60. The Morgan fingerprint density at radius 1 is 1.47 bits per heavy atom. The van der Waals surface area contributed by atoms with Crippen molar-refractivity contribution in [1.82, 2.24) is 0 Å². The van der Waals surface area contributed by atoms with Crippen molar-refractivity contribution in [3.8, 4) is 0 Å². The molecule has 0 saturated heterocycles. The smallest absolute Gasteiger partial charge is 0.234 e. The quantitative estimate of drug-likeness (QED) is 0.845. The van der Waals surface area contributed by atoms with Crippen LogP contribution in [0.15, 0.2) is 18.2 Å². The fourth-order valence-corrected chi connectivity index (χ4v) is 2.04. The highest BCUT2D eigenvalue weighted by atomic mass is 35.5. The van der Waals surface area contributed by atoms with E-state index in [0.717, 1.165) is 0 Å². The maximum Gasteiger partial charge on any atom is 0.234 e. The molecule has 84 valence electrons. The summed E-state index contributed by atoms with van der Waals surface area (Å²) in [4.78, 5) is 0. The number of anilines is 1. The van der Waals surface area contributed by atoms with E-state index in [0.29, 0.717) is 0 Å². The topological polar surface area (TPSA) is 72.2 Å². The molecule has 0 aliphatic heterocycles. The van der Waals surface area contributed by atoms with Crippen LogP contribution in [0.25, 0.3) is 0 Å². The Morgan fingerprint density at radius 3 is 2.73 bits per heavy atom. The van der Waals surface area contributed by atoms with Crippen LogP contribution in [0.5, 0.6) is 0 Å². The molecule has 0 radical (unpaired) electrons. The van der Waals surface area contributed by atoms with Crippen molar-refractivity contribution in [2.45, 2.75) is 0 Å². The number of nitrogens with two attached hydrogens (primary N) is 1. The lowest BCUT2D eigenvalue weighted by Gasteiger charge is -2.08. The summed E-state index contributed by atoms with van der Waals surface area (Å²) in [5.74, 6) is -1.06. The second kappa shape index (κ2) is 4.78. The number of nitrogens with one attached hydrogen (secondary N) is 1. The van der Waals surface area contributed by atoms with E-state index in [-0.39, 0.29) is 23.0 Å². The first-order valence-corrected chi connectivity index (χ1v) is 6.14. The van der Waals surface area contributed by atoms with Crippen molar-refractivity contribution in [2.24, 2.45) is 5.73 Å². The number of hydrogen-bond acceptors (Lipinski definition) is 3. The largest absolute Gasteiger partial charge is 0.329 e. The van der Waals surface area contributed by atoms with Gasteiger partial charge in [-0.25, -0.2) is 12.8 Å². The molecular formula is C8H10ClFN2O2S. The molecular weight excluding hydrogens is 243 g/mol. The highest BCUT2D eigenvalue weighted by Crippen LogP contribution is 2.22. The van der Waals surface area contributed by atoms with Crippen molar-refractivity contribution in [1.29, 1.82) is 0 Å². The summed E-state index contributed by atoms with van der Waals surface area (Å²) in [6.45, 7) is -0.0302. The van der Waals surface area contributed by atoms with E-state index in [1.807, 2.05) is 0 Å². The van der Waals surface area contributed by atoms with Crippen molar-refractivity contribution < 1.29 is 12.8 Å². The van der Waals surface area contributed by atoms with E-state index in [1.54, 1.807) is 0 Å². The normalized spacial score (nSPS) is 11.4. The van der Waals surface area contributed by atoms with Gasteiger partial charge >= 0.3 is 0 Å². The van der Waals surface area contributed by atoms with Crippen LogP contribution >= 0.6 is 11.6 Å².